The van der Waals surface area contributed by atoms with Gasteiger partial charge in [-0.05, 0) is 83.9 Å². The first kappa shape index (κ1) is 36.4. The Balaban J connectivity index is 1.10. The van der Waals surface area contributed by atoms with Crippen molar-refractivity contribution in [2.45, 2.75) is 50.5 Å². The van der Waals surface area contributed by atoms with Gasteiger partial charge in [-0.15, -0.1) is 5.10 Å². The molecule has 0 bridgehead atoms. The van der Waals surface area contributed by atoms with Crippen molar-refractivity contribution in [1.82, 2.24) is 30.5 Å². The number of aliphatic hydroxyl groups excluding tert-OH is 1. The number of rotatable bonds is 12. The van der Waals surface area contributed by atoms with Crippen molar-refractivity contribution in [2.24, 2.45) is 0 Å². The minimum Gasteiger partial charge on any atom is -0.391 e. The number of nitrogens with one attached hydrogen (secondary N) is 1. The molecule has 0 saturated carbocycles. The number of aromatic nitrogens is 5. The summed E-state index contributed by atoms with van der Waals surface area (Å²) < 4.78 is 61.6. The van der Waals surface area contributed by atoms with Crippen LogP contribution in [-0.4, -0.2) is 79.6 Å². The van der Waals surface area contributed by atoms with Crippen molar-refractivity contribution in [3.8, 4) is 11.1 Å². The summed E-state index contributed by atoms with van der Waals surface area (Å²) in [5.74, 6) is -6.73. The third-order valence-electron chi connectivity index (χ3n) is 9.44. The molecule has 3 heterocycles. The maximum absolute atomic E-state index is 16.1. The van der Waals surface area contributed by atoms with Gasteiger partial charge in [-0.1, -0.05) is 25.1 Å². The number of halogens is 4. The standard InChI is InChI=1S/C37H38F4N8O3/c1-3-33(24(2)50)44-35(51)26-6-12-30(13-7-26)48-18-16-47(17-19-48)29-10-4-25(5-11-29)27-8-15-34(42-21-27)37(40,41)36(52,22-49-23-43-45-46-49)31-14-9-28(38)20-32(31)39/h4-15,20-21,23-24,33,50,52H,3,16-19,22H2,1-2H3,(H,44,51)/t24-,33-,36?/m0/s1. The van der Waals surface area contributed by atoms with Crippen LogP contribution in [0.4, 0.5) is 28.9 Å². The second-order valence-corrected chi connectivity index (χ2v) is 12.8. The monoisotopic (exact) mass is 718 g/mol. The fourth-order valence-corrected chi connectivity index (χ4v) is 6.35. The molecule has 1 saturated heterocycles. The molecule has 0 spiro atoms. The Labute approximate surface area is 297 Å². The summed E-state index contributed by atoms with van der Waals surface area (Å²) in [6.07, 6.45) is 2.23. The Morgan fingerprint density at radius 3 is 2.04 bits per heavy atom. The van der Waals surface area contributed by atoms with Gasteiger partial charge in [0.25, 0.3) is 5.91 Å². The molecule has 5 aromatic rings. The van der Waals surface area contributed by atoms with Crippen LogP contribution in [0.3, 0.4) is 0 Å². The molecule has 0 radical (unpaired) electrons. The van der Waals surface area contributed by atoms with Gasteiger partial charge in [-0.25, -0.2) is 13.5 Å². The molecular formula is C37H38F4N8O3. The van der Waals surface area contributed by atoms with Gasteiger partial charge in [0.05, 0.1) is 18.7 Å². The Hall–Kier alpha value is -5.41. The fourth-order valence-electron chi connectivity index (χ4n) is 6.35. The van der Waals surface area contributed by atoms with E-state index in [1.165, 1.54) is 12.3 Å². The molecule has 1 fully saturated rings. The van der Waals surface area contributed by atoms with Gasteiger partial charge < -0.3 is 25.3 Å². The van der Waals surface area contributed by atoms with Crippen LogP contribution in [0.15, 0.2) is 91.4 Å². The van der Waals surface area contributed by atoms with Crippen LogP contribution in [0.25, 0.3) is 11.1 Å². The zero-order valence-electron chi connectivity index (χ0n) is 28.5. The van der Waals surface area contributed by atoms with Gasteiger partial charge in [0.2, 0.25) is 0 Å². The van der Waals surface area contributed by atoms with Crippen LogP contribution in [-0.2, 0) is 18.1 Å². The first-order valence-electron chi connectivity index (χ1n) is 16.8. The number of alkyl halides is 2. The van der Waals surface area contributed by atoms with E-state index in [9.17, 15) is 23.8 Å². The van der Waals surface area contributed by atoms with Crippen LogP contribution in [0, 0.1) is 11.6 Å². The summed E-state index contributed by atoms with van der Waals surface area (Å²) in [4.78, 5) is 21.1. The lowest BCUT2D eigenvalue weighted by Crippen LogP contribution is -2.48. The number of piperazine rings is 1. The summed E-state index contributed by atoms with van der Waals surface area (Å²) in [6, 6.07) is 19.2. The highest BCUT2D eigenvalue weighted by Crippen LogP contribution is 2.47. The van der Waals surface area contributed by atoms with Gasteiger partial charge in [-0.2, -0.15) is 8.78 Å². The molecule has 15 heteroatoms. The summed E-state index contributed by atoms with van der Waals surface area (Å²) >= 11 is 0. The predicted molar refractivity (Wildman–Crippen MR) is 186 cm³/mol. The molecule has 3 N–H and O–H groups in total. The second-order valence-electron chi connectivity index (χ2n) is 12.8. The molecule has 1 aliphatic heterocycles. The molecule has 6 rings (SSSR count). The van der Waals surface area contributed by atoms with E-state index in [1.54, 1.807) is 19.1 Å². The van der Waals surface area contributed by atoms with Gasteiger partial charge in [0.1, 0.15) is 23.7 Å². The molecule has 0 aliphatic carbocycles. The largest absolute Gasteiger partial charge is 0.391 e. The third-order valence-corrected chi connectivity index (χ3v) is 9.44. The van der Waals surface area contributed by atoms with Crippen molar-refractivity contribution in [3.63, 3.8) is 0 Å². The molecule has 11 nitrogen and oxygen atoms in total. The molecule has 52 heavy (non-hydrogen) atoms. The highest BCUT2D eigenvalue weighted by Gasteiger charge is 2.58. The van der Waals surface area contributed by atoms with E-state index in [2.05, 4.69) is 35.6 Å². The lowest BCUT2D eigenvalue weighted by molar-refractivity contribution is -0.207. The van der Waals surface area contributed by atoms with E-state index >= 15 is 8.78 Å². The molecule has 3 aromatic carbocycles. The number of carbonyl (C=O) groups excluding carboxylic acids is 1. The molecule has 3 atom stereocenters. The predicted octanol–water partition coefficient (Wildman–Crippen LogP) is 4.91. The van der Waals surface area contributed by atoms with Gasteiger partial charge in [-0.3, -0.25) is 9.78 Å². The summed E-state index contributed by atoms with van der Waals surface area (Å²) in [6.45, 7) is 5.65. The average molecular weight is 719 g/mol. The van der Waals surface area contributed by atoms with E-state index < -0.39 is 47.1 Å². The molecule has 1 unspecified atom stereocenters. The quantitative estimate of drug-likeness (QED) is 0.154. The first-order valence-corrected chi connectivity index (χ1v) is 16.8. The van der Waals surface area contributed by atoms with Crippen molar-refractivity contribution in [2.75, 3.05) is 36.0 Å². The number of aliphatic hydroxyl groups is 2. The SMILES string of the molecule is CC[C@H](NC(=O)c1ccc(N2CCN(c3ccc(-c4ccc(C(F)(F)C(O)(Cn5cnnn5)c5ccc(F)cc5F)nc4)cc3)CC2)cc1)[C@H](C)O. The van der Waals surface area contributed by atoms with E-state index in [1.807, 2.05) is 43.3 Å². The number of nitrogens with zero attached hydrogens (tertiary/aromatic N) is 7. The van der Waals surface area contributed by atoms with Crippen molar-refractivity contribution in [3.05, 3.63) is 120 Å². The number of tetrazole rings is 1. The van der Waals surface area contributed by atoms with Crippen molar-refractivity contribution in [1.29, 1.82) is 0 Å². The number of amides is 1. The van der Waals surface area contributed by atoms with Crippen molar-refractivity contribution < 1.29 is 32.6 Å². The molecular weight excluding hydrogens is 680 g/mol. The Bertz CT molecular complexity index is 1960. The zero-order chi connectivity index (χ0) is 37.0. The Morgan fingerprint density at radius 1 is 0.904 bits per heavy atom. The highest BCUT2D eigenvalue weighted by atomic mass is 19.3. The number of hydrogen-bond acceptors (Lipinski definition) is 9. The minimum atomic E-state index is -4.16. The number of hydrogen-bond donors (Lipinski definition) is 3. The summed E-state index contributed by atoms with van der Waals surface area (Å²) in [7, 11) is 0. The lowest BCUT2D eigenvalue weighted by Gasteiger charge is -2.37. The van der Waals surface area contributed by atoms with Crippen LogP contribution >= 0.6 is 0 Å². The number of anilines is 2. The molecule has 2 aromatic heterocycles. The highest BCUT2D eigenvalue weighted by molar-refractivity contribution is 5.94. The third kappa shape index (κ3) is 7.46. The van der Waals surface area contributed by atoms with Crippen LogP contribution in [0.5, 0.6) is 0 Å². The van der Waals surface area contributed by atoms with Gasteiger partial charge in [0, 0.05) is 66.5 Å². The summed E-state index contributed by atoms with van der Waals surface area (Å²) in [5.41, 5.74) is -1.10. The van der Waals surface area contributed by atoms with E-state index in [0.717, 1.165) is 72.3 Å². The van der Waals surface area contributed by atoms with E-state index in [-0.39, 0.29) is 11.9 Å². The number of carbonyl (C=O) groups is 1. The number of benzene rings is 3. The smallest absolute Gasteiger partial charge is 0.323 e. The van der Waals surface area contributed by atoms with E-state index in [4.69, 9.17) is 0 Å². The maximum Gasteiger partial charge on any atom is 0.323 e. The minimum absolute atomic E-state index is 0.222. The molecule has 1 aliphatic rings. The lowest BCUT2D eigenvalue weighted by atomic mass is 9.84. The molecule has 1 amide bonds. The molecule has 272 valence electrons. The fraction of sp³-hybridized carbons (Fsp3) is 0.324. The topological polar surface area (TPSA) is 133 Å². The van der Waals surface area contributed by atoms with Crippen LogP contribution in [0.1, 0.15) is 41.9 Å². The van der Waals surface area contributed by atoms with Gasteiger partial charge in [0.15, 0.2) is 5.60 Å². The van der Waals surface area contributed by atoms with Crippen LogP contribution < -0.4 is 15.1 Å². The van der Waals surface area contributed by atoms with E-state index in [0.29, 0.717) is 23.6 Å². The normalized spacial score (nSPS) is 15.9. The van der Waals surface area contributed by atoms with Gasteiger partial charge >= 0.3 is 5.92 Å². The maximum atomic E-state index is 16.1. The second kappa shape index (κ2) is 15.1. The summed E-state index contributed by atoms with van der Waals surface area (Å²) in [5, 5.41) is 34.4. The van der Waals surface area contributed by atoms with Crippen LogP contribution in [0.2, 0.25) is 0 Å². The Kier molecular flexibility index (Phi) is 10.5. The average Bonchev–Trinajstić information content (AvgIpc) is 3.66. The first-order chi connectivity index (χ1) is 24.9. The number of pyridine rings is 1. The van der Waals surface area contributed by atoms with Crippen molar-refractivity contribution >= 4 is 17.3 Å². The Morgan fingerprint density at radius 2 is 1.52 bits per heavy atom. The zero-order valence-corrected chi connectivity index (χ0v) is 28.5.